The Morgan fingerprint density at radius 2 is 1.96 bits per heavy atom. The standard InChI is InChI=1S/C16H16FN3O3S/c1-10-7-13(4-5-14(10)17)24(22,23)19-12-3-6-15-11(8-12)9-20(2)16(21)18-15/h3-8,19H,9H2,1-2H3,(H,18,21). The molecule has 0 atom stereocenters. The van der Waals surface area contributed by atoms with Crippen molar-refractivity contribution >= 4 is 27.4 Å². The van der Waals surface area contributed by atoms with E-state index >= 15 is 0 Å². The number of hydrogen-bond acceptors (Lipinski definition) is 3. The van der Waals surface area contributed by atoms with Crippen molar-refractivity contribution in [2.24, 2.45) is 0 Å². The fourth-order valence-electron chi connectivity index (χ4n) is 2.45. The molecule has 0 fully saturated rings. The number of aryl methyl sites for hydroxylation is 1. The van der Waals surface area contributed by atoms with Gasteiger partial charge < -0.3 is 10.2 Å². The lowest BCUT2D eigenvalue weighted by atomic mass is 10.1. The Hall–Kier alpha value is -2.61. The number of sulfonamides is 1. The van der Waals surface area contributed by atoms with E-state index in [1.807, 2.05) is 0 Å². The van der Waals surface area contributed by atoms with Crippen molar-refractivity contribution in [2.75, 3.05) is 17.1 Å². The van der Waals surface area contributed by atoms with Crippen LogP contribution >= 0.6 is 0 Å². The third kappa shape index (κ3) is 3.05. The first-order valence-corrected chi connectivity index (χ1v) is 8.68. The van der Waals surface area contributed by atoms with Gasteiger partial charge in [0.25, 0.3) is 10.0 Å². The molecule has 2 amide bonds. The molecule has 0 unspecified atom stereocenters. The van der Waals surface area contributed by atoms with Crippen molar-refractivity contribution in [2.45, 2.75) is 18.4 Å². The Kier molecular flexibility index (Phi) is 3.92. The van der Waals surface area contributed by atoms with Gasteiger partial charge in [-0.1, -0.05) is 0 Å². The molecule has 0 saturated heterocycles. The Bertz CT molecular complexity index is 928. The second-order valence-electron chi connectivity index (χ2n) is 5.67. The molecule has 1 heterocycles. The van der Waals surface area contributed by atoms with Crippen molar-refractivity contribution in [3.05, 3.63) is 53.3 Å². The Balaban J connectivity index is 1.89. The van der Waals surface area contributed by atoms with Crippen molar-refractivity contribution in [1.82, 2.24) is 4.90 Å². The second-order valence-corrected chi connectivity index (χ2v) is 7.36. The lowest BCUT2D eigenvalue weighted by Crippen LogP contribution is -2.35. The summed E-state index contributed by atoms with van der Waals surface area (Å²) in [6.45, 7) is 1.89. The molecule has 3 rings (SSSR count). The fraction of sp³-hybridized carbons (Fsp3) is 0.188. The summed E-state index contributed by atoms with van der Waals surface area (Å²) in [6.07, 6.45) is 0. The van der Waals surface area contributed by atoms with E-state index in [2.05, 4.69) is 10.0 Å². The molecule has 0 aliphatic carbocycles. The number of carbonyl (C=O) groups excluding carboxylic acids is 1. The number of nitrogens with zero attached hydrogens (tertiary/aromatic N) is 1. The van der Waals surface area contributed by atoms with Gasteiger partial charge in [0.05, 0.1) is 4.90 Å². The minimum atomic E-state index is -3.82. The summed E-state index contributed by atoms with van der Waals surface area (Å²) >= 11 is 0. The maximum Gasteiger partial charge on any atom is 0.321 e. The Morgan fingerprint density at radius 3 is 2.67 bits per heavy atom. The molecular formula is C16H16FN3O3S. The SMILES string of the molecule is Cc1cc(S(=O)(=O)Nc2ccc3c(c2)CN(C)C(=O)N3)ccc1F. The third-order valence-electron chi connectivity index (χ3n) is 3.79. The molecule has 0 radical (unpaired) electrons. The second kappa shape index (κ2) is 5.79. The number of amides is 2. The van der Waals surface area contributed by atoms with Gasteiger partial charge in [-0.25, -0.2) is 17.6 Å². The first-order valence-electron chi connectivity index (χ1n) is 7.20. The molecule has 2 aromatic rings. The number of anilines is 2. The van der Waals surface area contributed by atoms with Crippen molar-refractivity contribution in [3.8, 4) is 0 Å². The summed E-state index contributed by atoms with van der Waals surface area (Å²) in [7, 11) is -2.17. The van der Waals surface area contributed by atoms with Gasteiger partial charge in [-0.05, 0) is 54.4 Å². The van der Waals surface area contributed by atoms with Crippen LogP contribution in [0.2, 0.25) is 0 Å². The van der Waals surface area contributed by atoms with Crippen LogP contribution in [0.3, 0.4) is 0 Å². The average Bonchev–Trinajstić information content (AvgIpc) is 2.51. The van der Waals surface area contributed by atoms with E-state index in [1.165, 1.54) is 24.0 Å². The Morgan fingerprint density at radius 1 is 1.21 bits per heavy atom. The van der Waals surface area contributed by atoms with Crippen LogP contribution in [0, 0.1) is 12.7 Å². The normalized spacial score (nSPS) is 14.1. The van der Waals surface area contributed by atoms with E-state index in [9.17, 15) is 17.6 Å². The number of rotatable bonds is 3. The van der Waals surface area contributed by atoms with Crippen molar-refractivity contribution in [1.29, 1.82) is 0 Å². The molecule has 2 N–H and O–H groups in total. The van der Waals surface area contributed by atoms with Gasteiger partial charge >= 0.3 is 6.03 Å². The molecule has 0 spiro atoms. The maximum atomic E-state index is 13.3. The highest BCUT2D eigenvalue weighted by atomic mass is 32.2. The van der Waals surface area contributed by atoms with Crippen molar-refractivity contribution < 1.29 is 17.6 Å². The zero-order valence-electron chi connectivity index (χ0n) is 13.1. The predicted molar refractivity (Wildman–Crippen MR) is 88.9 cm³/mol. The topological polar surface area (TPSA) is 78.5 Å². The summed E-state index contributed by atoms with van der Waals surface area (Å²) in [4.78, 5) is 13.1. The molecule has 126 valence electrons. The zero-order chi connectivity index (χ0) is 17.5. The van der Waals surface area contributed by atoms with Crippen LogP contribution in [0.4, 0.5) is 20.6 Å². The highest BCUT2D eigenvalue weighted by Crippen LogP contribution is 2.27. The van der Waals surface area contributed by atoms with Gasteiger partial charge in [-0.3, -0.25) is 4.72 Å². The molecule has 24 heavy (non-hydrogen) atoms. The van der Waals surface area contributed by atoms with Crippen LogP contribution in [0.15, 0.2) is 41.3 Å². The molecule has 0 saturated carbocycles. The monoisotopic (exact) mass is 349 g/mol. The van der Waals surface area contributed by atoms with Gasteiger partial charge in [0.15, 0.2) is 0 Å². The largest absolute Gasteiger partial charge is 0.323 e. The first-order chi connectivity index (χ1) is 11.3. The van der Waals surface area contributed by atoms with E-state index < -0.39 is 15.8 Å². The van der Waals surface area contributed by atoms with Crippen LogP contribution in [0.5, 0.6) is 0 Å². The molecule has 6 nitrogen and oxygen atoms in total. The summed E-state index contributed by atoms with van der Waals surface area (Å²) in [5.74, 6) is -0.457. The lowest BCUT2D eigenvalue weighted by Gasteiger charge is -2.26. The van der Waals surface area contributed by atoms with Gasteiger partial charge in [0.1, 0.15) is 5.82 Å². The number of halogens is 1. The van der Waals surface area contributed by atoms with E-state index in [0.717, 1.165) is 11.6 Å². The number of urea groups is 1. The van der Waals surface area contributed by atoms with Crippen molar-refractivity contribution in [3.63, 3.8) is 0 Å². The zero-order valence-corrected chi connectivity index (χ0v) is 13.9. The first kappa shape index (κ1) is 16.3. The molecule has 8 heteroatoms. The smallest absolute Gasteiger partial charge is 0.321 e. The van der Waals surface area contributed by atoms with Gasteiger partial charge in [0, 0.05) is 25.0 Å². The van der Waals surface area contributed by atoms with Gasteiger partial charge in [0.2, 0.25) is 0 Å². The summed E-state index contributed by atoms with van der Waals surface area (Å²) in [5.41, 5.74) is 2.08. The van der Waals surface area contributed by atoms with E-state index in [-0.39, 0.29) is 16.5 Å². The van der Waals surface area contributed by atoms with Crippen LogP contribution in [-0.4, -0.2) is 26.4 Å². The summed E-state index contributed by atoms with van der Waals surface area (Å²) in [5, 5.41) is 2.71. The lowest BCUT2D eigenvalue weighted by molar-refractivity contribution is 0.218. The molecule has 1 aliphatic heterocycles. The molecule has 1 aliphatic rings. The predicted octanol–water partition coefficient (Wildman–Crippen LogP) is 2.91. The van der Waals surface area contributed by atoms with Crippen LogP contribution in [0.25, 0.3) is 0 Å². The maximum absolute atomic E-state index is 13.3. The highest BCUT2D eigenvalue weighted by Gasteiger charge is 2.21. The third-order valence-corrected chi connectivity index (χ3v) is 5.17. The van der Waals surface area contributed by atoms with Crippen LogP contribution in [-0.2, 0) is 16.6 Å². The molecule has 2 aromatic carbocycles. The quantitative estimate of drug-likeness (QED) is 0.894. The van der Waals surface area contributed by atoms with E-state index in [0.29, 0.717) is 17.9 Å². The molecular weight excluding hydrogens is 333 g/mol. The summed E-state index contributed by atoms with van der Waals surface area (Å²) < 4.78 is 40.7. The number of carbonyl (C=O) groups is 1. The average molecular weight is 349 g/mol. The van der Waals surface area contributed by atoms with E-state index in [4.69, 9.17) is 0 Å². The van der Waals surface area contributed by atoms with Crippen LogP contribution < -0.4 is 10.0 Å². The number of hydrogen-bond donors (Lipinski definition) is 2. The number of nitrogens with one attached hydrogen (secondary N) is 2. The van der Waals surface area contributed by atoms with E-state index in [1.54, 1.807) is 25.2 Å². The number of fused-ring (bicyclic) bond motifs is 1. The van der Waals surface area contributed by atoms with Gasteiger partial charge in [-0.15, -0.1) is 0 Å². The minimum absolute atomic E-state index is 0.00968. The highest BCUT2D eigenvalue weighted by molar-refractivity contribution is 7.92. The van der Waals surface area contributed by atoms with Crippen LogP contribution in [0.1, 0.15) is 11.1 Å². The molecule has 0 aromatic heterocycles. The van der Waals surface area contributed by atoms with Gasteiger partial charge in [-0.2, -0.15) is 0 Å². The summed E-state index contributed by atoms with van der Waals surface area (Å²) in [6, 6.07) is 8.30. The number of benzene rings is 2. The Labute approximate surface area is 139 Å². The minimum Gasteiger partial charge on any atom is -0.323 e. The molecule has 0 bridgehead atoms. The fourth-order valence-corrected chi connectivity index (χ4v) is 3.58.